The number of aryl methyl sites for hydroxylation is 1. The highest BCUT2D eigenvalue weighted by molar-refractivity contribution is 6.47. The Kier molecular flexibility index (Phi) is 5.19. The number of pyridine rings is 1. The van der Waals surface area contributed by atoms with Crippen molar-refractivity contribution in [3.63, 3.8) is 0 Å². The Bertz CT molecular complexity index is 1210. The van der Waals surface area contributed by atoms with E-state index >= 15 is 0 Å². The molecule has 2 heterocycles. The van der Waals surface area contributed by atoms with Gasteiger partial charge in [-0.1, -0.05) is 54.9 Å². The van der Waals surface area contributed by atoms with Gasteiger partial charge in [0, 0.05) is 28.0 Å². The molecule has 2 aromatic carbocycles. The number of carbonyl (C=O) groups is 2. The smallest absolute Gasteiger partial charge is 0.298 e. The predicted molar refractivity (Wildman–Crippen MR) is 117 cm³/mol. The highest BCUT2D eigenvalue weighted by Gasteiger charge is 2.25. The minimum Gasteiger partial charge on any atom is -0.319 e. The van der Waals surface area contributed by atoms with Crippen LogP contribution in [0, 0.1) is 0 Å². The molecule has 0 atom stereocenters. The Morgan fingerprint density at radius 2 is 1.69 bits per heavy atom. The number of fused-ring (bicyclic) bond motifs is 1. The van der Waals surface area contributed by atoms with Gasteiger partial charge in [-0.05, 0) is 53.9 Å². The molecule has 0 radical (unpaired) electrons. The lowest BCUT2D eigenvalue weighted by Crippen LogP contribution is -2.25. The summed E-state index contributed by atoms with van der Waals surface area (Å²) in [6.45, 7) is 2.01. The first-order valence-corrected chi connectivity index (χ1v) is 9.76. The number of ketones is 1. The minimum atomic E-state index is -0.662. The minimum absolute atomic E-state index is 0.328. The maximum Gasteiger partial charge on any atom is 0.298 e. The first-order chi connectivity index (χ1) is 14.1. The molecule has 0 aliphatic heterocycles. The van der Waals surface area contributed by atoms with Gasteiger partial charge >= 0.3 is 0 Å². The van der Waals surface area contributed by atoms with E-state index in [-0.39, 0.29) is 0 Å². The van der Waals surface area contributed by atoms with E-state index in [1.165, 1.54) is 0 Å². The van der Waals surface area contributed by atoms with E-state index in [4.69, 9.17) is 11.6 Å². The second-order valence-corrected chi connectivity index (χ2v) is 7.14. The highest BCUT2D eigenvalue weighted by Crippen LogP contribution is 2.29. The van der Waals surface area contributed by atoms with Gasteiger partial charge in [-0.25, -0.2) is 0 Å². The summed E-state index contributed by atoms with van der Waals surface area (Å²) in [5.41, 5.74) is 4.31. The molecule has 4 aromatic rings. The molecule has 0 aliphatic carbocycles. The number of amides is 1. The molecule has 0 fully saturated rings. The Hall–Kier alpha value is -3.37. The Labute approximate surface area is 173 Å². The summed E-state index contributed by atoms with van der Waals surface area (Å²) in [5, 5.41) is 3.39. The largest absolute Gasteiger partial charge is 0.319 e. The van der Waals surface area contributed by atoms with E-state index in [9.17, 15) is 9.59 Å². The van der Waals surface area contributed by atoms with Gasteiger partial charge in [-0.3, -0.25) is 9.59 Å². The number of benzene rings is 2. The number of nitrogens with one attached hydrogen (secondary N) is 1. The van der Waals surface area contributed by atoms with Gasteiger partial charge in [0.15, 0.2) is 0 Å². The Morgan fingerprint density at radius 3 is 2.45 bits per heavy atom. The van der Waals surface area contributed by atoms with Crippen LogP contribution in [0.4, 0.5) is 5.69 Å². The fourth-order valence-corrected chi connectivity index (χ4v) is 3.57. The van der Waals surface area contributed by atoms with Gasteiger partial charge in [-0.15, -0.1) is 0 Å². The average molecular weight is 403 g/mol. The molecule has 5 heteroatoms. The van der Waals surface area contributed by atoms with Crippen molar-refractivity contribution in [3.05, 3.63) is 95.3 Å². The molecule has 2 aromatic heterocycles. The topological polar surface area (TPSA) is 50.6 Å². The number of rotatable bonds is 5. The summed E-state index contributed by atoms with van der Waals surface area (Å²) in [6, 6.07) is 22.3. The van der Waals surface area contributed by atoms with Crippen molar-refractivity contribution >= 4 is 34.5 Å². The van der Waals surface area contributed by atoms with Crippen LogP contribution in [0.15, 0.2) is 79.0 Å². The zero-order valence-electron chi connectivity index (χ0n) is 15.9. The fourth-order valence-electron chi connectivity index (χ4n) is 3.44. The van der Waals surface area contributed by atoms with E-state index in [0.29, 0.717) is 22.0 Å². The number of hydrogen-bond donors (Lipinski definition) is 1. The predicted octanol–water partition coefficient (Wildman–Crippen LogP) is 5.64. The fraction of sp³-hybridized carbons (Fsp3) is 0.0833. The quantitative estimate of drug-likeness (QED) is 0.346. The lowest BCUT2D eigenvalue weighted by atomic mass is 10.0. The third kappa shape index (κ3) is 3.67. The average Bonchev–Trinajstić information content (AvgIpc) is 3.13. The highest BCUT2D eigenvalue weighted by atomic mass is 35.5. The van der Waals surface area contributed by atoms with Crippen molar-refractivity contribution in [1.82, 2.24) is 4.40 Å². The molecule has 1 amide bonds. The van der Waals surface area contributed by atoms with Crippen LogP contribution in [0.2, 0.25) is 5.02 Å². The van der Waals surface area contributed by atoms with E-state index in [2.05, 4.69) is 5.32 Å². The molecule has 144 valence electrons. The number of para-hydroxylation sites is 1. The van der Waals surface area contributed by atoms with Crippen molar-refractivity contribution < 1.29 is 9.59 Å². The van der Waals surface area contributed by atoms with Crippen LogP contribution >= 0.6 is 11.6 Å². The molecule has 4 rings (SSSR count). The number of aromatic nitrogens is 1. The number of hydrogen-bond acceptors (Lipinski definition) is 2. The third-order valence-electron chi connectivity index (χ3n) is 4.90. The first kappa shape index (κ1) is 19.0. The van der Waals surface area contributed by atoms with Crippen LogP contribution in [0.1, 0.15) is 23.0 Å². The summed E-state index contributed by atoms with van der Waals surface area (Å²) < 4.78 is 1.75. The summed E-state index contributed by atoms with van der Waals surface area (Å²) >= 11 is 6.01. The number of carbonyl (C=O) groups excluding carboxylic acids is 2. The van der Waals surface area contributed by atoms with Gasteiger partial charge in [0.25, 0.3) is 11.7 Å². The lowest BCUT2D eigenvalue weighted by molar-refractivity contribution is -0.112. The standard InChI is InChI=1S/C24H19ClN2O2/c1-2-16-7-3-4-9-21(16)26-24(29)23(28)22-20(17-10-12-18(25)13-11-17)15-19-8-5-6-14-27(19)22/h3-15H,2H2,1H3,(H,26,29). The molecule has 0 unspecified atom stereocenters. The van der Waals surface area contributed by atoms with Crippen molar-refractivity contribution in [1.29, 1.82) is 0 Å². The number of anilines is 1. The van der Waals surface area contributed by atoms with Gasteiger partial charge in [-0.2, -0.15) is 0 Å². The van der Waals surface area contributed by atoms with E-state index in [0.717, 1.165) is 23.1 Å². The van der Waals surface area contributed by atoms with Crippen molar-refractivity contribution in [2.45, 2.75) is 13.3 Å². The molecule has 4 nitrogen and oxygen atoms in total. The molecule has 0 saturated heterocycles. The maximum absolute atomic E-state index is 13.2. The van der Waals surface area contributed by atoms with E-state index in [1.54, 1.807) is 28.8 Å². The second-order valence-electron chi connectivity index (χ2n) is 6.70. The van der Waals surface area contributed by atoms with Crippen LogP contribution in [0.25, 0.3) is 16.6 Å². The molecule has 1 N–H and O–H groups in total. The molecule has 29 heavy (non-hydrogen) atoms. The Balaban J connectivity index is 1.78. The van der Waals surface area contributed by atoms with Gasteiger partial charge in [0.2, 0.25) is 0 Å². The molecule has 0 aliphatic rings. The van der Waals surface area contributed by atoms with E-state index in [1.807, 2.05) is 61.5 Å². The van der Waals surface area contributed by atoms with Crippen molar-refractivity contribution in [2.75, 3.05) is 5.32 Å². The summed E-state index contributed by atoms with van der Waals surface area (Å²) in [4.78, 5) is 26.1. The molecule has 0 bridgehead atoms. The van der Waals surface area contributed by atoms with Gasteiger partial charge < -0.3 is 9.72 Å². The third-order valence-corrected chi connectivity index (χ3v) is 5.15. The zero-order chi connectivity index (χ0) is 20.4. The van der Waals surface area contributed by atoms with Crippen LogP contribution < -0.4 is 5.32 Å². The second kappa shape index (κ2) is 7.94. The van der Waals surface area contributed by atoms with E-state index < -0.39 is 11.7 Å². The summed E-state index contributed by atoms with van der Waals surface area (Å²) in [6.07, 6.45) is 2.55. The number of nitrogens with zero attached hydrogens (tertiary/aromatic N) is 1. The number of Topliss-reactive ketones (excluding diaryl/α,β-unsaturated/α-hetero) is 1. The normalized spacial score (nSPS) is 10.8. The summed E-state index contributed by atoms with van der Waals surface area (Å²) in [5.74, 6) is -1.25. The Morgan fingerprint density at radius 1 is 0.966 bits per heavy atom. The summed E-state index contributed by atoms with van der Waals surface area (Å²) in [7, 11) is 0. The first-order valence-electron chi connectivity index (χ1n) is 9.38. The van der Waals surface area contributed by atoms with Gasteiger partial charge in [0.05, 0.1) is 0 Å². The zero-order valence-corrected chi connectivity index (χ0v) is 16.6. The molecular weight excluding hydrogens is 384 g/mol. The van der Waals surface area contributed by atoms with Crippen molar-refractivity contribution in [3.8, 4) is 11.1 Å². The molecular formula is C24H19ClN2O2. The van der Waals surface area contributed by atoms with Crippen LogP contribution in [-0.4, -0.2) is 16.1 Å². The van der Waals surface area contributed by atoms with Crippen LogP contribution in [0.5, 0.6) is 0 Å². The molecule has 0 saturated carbocycles. The molecule has 0 spiro atoms. The van der Waals surface area contributed by atoms with Crippen molar-refractivity contribution in [2.24, 2.45) is 0 Å². The number of halogens is 1. The van der Waals surface area contributed by atoms with Gasteiger partial charge in [0.1, 0.15) is 5.69 Å². The monoisotopic (exact) mass is 402 g/mol. The van der Waals surface area contributed by atoms with Crippen LogP contribution in [-0.2, 0) is 11.2 Å². The maximum atomic E-state index is 13.2. The SMILES string of the molecule is CCc1ccccc1NC(=O)C(=O)c1c(-c2ccc(Cl)cc2)cc2ccccn12. The lowest BCUT2D eigenvalue weighted by Gasteiger charge is -2.10. The van der Waals surface area contributed by atoms with Crippen LogP contribution in [0.3, 0.4) is 0 Å².